The normalized spacial score (nSPS) is 11.0. The Bertz CT molecular complexity index is 1160. The van der Waals surface area contributed by atoms with Gasteiger partial charge < -0.3 is 0 Å². The third kappa shape index (κ3) is 3.33. The molecular weight excluding hydrogens is 347 g/mol. The fraction of sp³-hybridized carbons (Fsp3) is 0.0400. The maximum absolute atomic E-state index is 14.1. The van der Waals surface area contributed by atoms with E-state index in [0.29, 0.717) is 0 Å². The summed E-state index contributed by atoms with van der Waals surface area (Å²) in [7, 11) is -3.05. The van der Waals surface area contributed by atoms with Crippen LogP contribution in [0.15, 0.2) is 97.1 Å². The fourth-order valence-electron chi connectivity index (χ4n) is 3.24. The minimum absolute atomic E-state index is 0.765. The molecule has 0 amide bonds. The minimum Gasteiger partial charge on any atom is -0.300 e. The van der Waals surface area contributed by atoms with E-state index in [4.69, 9.17) is 0 Å². The number of hydrogen-bond acceptors (Lipinski definition) is 1. The van der Waals surface area contributed by atoms with E-state index in [2.05, 4.69) is 35.8 Å². The molecule has 4 aromatic rings. The molecule has 0 saturated carbocycles. The number of hydrogen-bond donors (Lipinski definition) is 0. The summed E-state index contributed by atoms with van der Waals surface area (Å²) in [6, 6.07) is 31.5. The van der Waals surface area contributed by atoms with Gasteiger partial charge in [-0.3, -0.25) is 4.57 Å². The van der Waals surface area contributed by atoms with Gasteiger partial charge in [0.05, 0.1) is 0 Å². The average Bonchev–Trinajstić information content (AvgIpc) is 2.74. The zero-order valence-corrected chi connectivity index (χ0v) is 16.0. The Kier molecular flexibility index (Phi) is 4.68. The van der Waals surface area contributed by atoms with Gasteiger partial charge in [0.15, 0.2) is 0 Å². The van der Waals surface area contributed by atoms with Gasteiger partial charge in [-0.1, -0.05) is 103 Å². The fourth-order valence-corrected chi connectivity index (χ4v) is 5.24. The van der Waals surface area contributed by atoms with Gasteiger partial charge in [0, 0.05) is 16.2 Å². The zero-order valence-electron chi connectivity index (χ0n) is 15.1. The van der Waals surface area contributed by atoms with Gasteiger partial charge in [0.2, 0.25) is 7.14 Å². The summed E-state index contributed by atoms with van der Waals surface area (Å²) in [4.78, 5) is 0. The summed E-state index contributed by atoms with van der Waals surface area (Å²) in [6.07, 6.45) is 0. The number of benzene rings is 4. The zero-order chi connectivity index (χ0) is 18.7. The van der Waals surface area contributed by atoms with Crippen molar-refractivity contribution >= 4 is 28.5 Å². The van der Waals surface area contributed by atoms with E-state index in [1.807, 2.05) is 79.7 Å². The van der Waals surface area contributed by atoms with E-state index in [-0.39, 0.29) is 0 Å². The highest BCUT2D eigenvalue weighted by molar-refractivity contribution is 7.83. The van der Waals surface area contributed by atoms with E-state index in [1.54, 1.807) is 0 Å². The summed E-state index contributed by atoms with van der Waals surface area (Å²) < 4.78 is 14.1. The standard InChI is InChI=1S/C25H19OP/c1-20-16-17-21-10-8-9-15-25(21)24(20)18-19-27(26,22-11-4-2-5-12-22)23-13-6-3-7-14-23/h2-17H,1H3. The van der Waals surface area contributed by atoms with Crippen LogP contribution in [0.25, 0.3) is 10.8 Å². The quantitative estimate of drug-likeness (QED) is 0.340. The maximum atomic E-state index is 14.1. The Balaban J connectivity index is 1.94. The Morgan fingerprint density at radius 1 is 0.667 bits per heavy atom. The van der Waals surface area contributed by atoms with Crippen molar-refractivity contribution in [1.82, 2.24) is 0 Å². The van der Waals surface area contributed by atoms with Gasteiger partial charge >= 0.3 is 0 Å². The molecule has 0 fully saturated rings. The van der Waals surface area contributed by atoms with Crippen molar-refractivity contribution in [2.45, 2.75) is 6.92 Å². The summed E-state index contributed by atoms with van der Waals surface area (Å²) in [5, 5.41) is 3.77. The average molecular weight is 366 g/mol. The number of rotatable bonds is 2. The molecule has 0 aromatic heterocycles. The first kappa shape index (κ1) is 17.3. The molecule has 2 heteroatoms. The molecule has 0 aliphatic heterocycles. The highest BCUT2D eigenvalue weighted by Gasteiger charge is 2.24. The van der Waals surface area contributed by atoms with Crippen LogP contribution >= 0.6 is 7.14 Å². The predicted octanol–water partition coefficient (Wildman–Crippen LogP) is 5.47. The van der Waals surface area contributed by atoms with Gasteiger partial charge in [0.1, 0.15) is 0 Å². The molecule has 0 spiro atoms. The van der Waals surface area contributed by atoms with Crippen LogP contribution in [0, 0.1) is 18.5 Å². The summed E-state index contributed by atoms with van der Waals surface area (Å²) >= 11 is 0. The first-order valence-electron chi connectivity index (χ1n) is 8.91. The second-order valence-electron chi connectivity index (χ2n) is 6.50. The van der Waals surface area contributed by atoms with Crippen molar-refractivity contribution < 1.29 is 4.57 Å². The van der Waals surface area contributed by atoms with Crippen molar-refractivity contribution in [3.05, 3.63) is 108 Å². The predicted molar refractivity (Wildman–Crippen MR) is 115 cm³/mol. The Hall–Kier alpha value is -3.07. The Morgan fingerprint density at radius 3 is 1.85 bits per heavy atom. The summed E-state index contributed by atoms with van der Waals surface area (Å²) in [5.41, 5.74) is 5.22. The number of aryl methyl sites for hydroxylation is 1. The van der Waals surface area contributed by atoms with E-state index in [1.165, 1.54) is 0 Å². The highest BCUT2D eigenvalue weighted by Crippen LogP contribution is 2.42. The molecule has 0 atom stereocenters. The molecule has 27 heavy (non-hydrogen) atoms. The molecule has 1 nitrogen and oxygen atoms in total. The molecule has 130 valence electrons. The molecule has 4 aromatic carbocycles. The topological polar surface area (TPSA) is 17.1 Å². The Morgan fingerprint density at radius 2 is 1.22 bits per heavy atom. The maximum Gasteiger partial charge on any atom is 0.211 e. The van der Waals surface area contributed by atoms with Crippen molar-refractivity contribution in [2.24, 2.45) is 0 Å². The van der Waals surface area contributed by atoms with Gasteiger partial charge in [-0.2, -0.15) is 0 Å². The molecule has 0 aliphatic rings. The number of fused-ring (bicyclic) bond motifs is 1. The van der Waals surface area contributed by atoms with Crippen LogP contribution in [0.4, 0.5) is 0 Å². The third-order valence-corrected chi connectivity index (χ3v) is 7.19. The molecule has 0 radical (unpaired) electrons. The lowest BCUT2D eigenvalue weighted by molar-refractivity contribution is 0.593. The van der Waals surface area contributed by atoms with Crippen molar-refractivity contribution in [3.63, 3.8) is 0 Å². The first-order chi connectivity index (χ1) is 13.2. The van der Waals surface area contributed by atoms with Crippen LogP contribution < -0.4 is 10.6 Å². The van der Waals surface area contributed by atoms with Crippen LogP contribution in [0.2, 0.25) is 0 Å². The molecule has 0 saturated heterocycles. The van der Waals surface area contributed by atoms with E-state index < -0.39 is 7.14 Å². The first-order valence-corrected chi connectivity index (χ1v) is 10.6. The van der Waals surface area contributed by atoms with E-state index >= 15 is 0 Å². The largest absolute Gasteiger partial charge is 0.300 e. The smallest absolute Gasteiger partial charge is 0.211 e. The van der Waals surface area contributed by atoms with Crippen LogP contribution in [-0.4, -0.2) is 0 Å². The van der Waals surface area contributed by atoms with Crippen molar-refractivity contribution in [1.29, 1.82) is 0 Å². The molecule has 0 unspecified atom stereocenters. The molecular formula is C25H19OP. The molecule has 0 bridgehead atoms. The molecule has 4 rings (SSSR count). The minimum atomic E-state index is -3.05. The lowest BCUT2D eigenvalue weighted by Gasteiger charge is -2.13. The van der Waals surface area contributed by atoms with Gasteiger partial charge in [-0.25, -0.2) is 0 Å². The Labute approximate surface area is 160 Å². The van der Waals surface area contributed by atoms with Crippen LogP contribution in [0.1, 0.15) is 11.1 Å². The molecule has 0 heterocycles. The summed E-state index contributed by atoms with van der Waals surface area (Å²) in [5.74, 6) is 3.28. The van der Waals surface area contributed by atoms with Gasteiger partial charge in [-0.15, -0.1) is 0 Å². The van der Waals surface area contributed by atoms with Gasteiger partial charge in [0.25, 0.3) is 0 Å². The van der Waals surface area contributed by atoms with Gasteiger partial charge in [-0.05, 0) is 28.9 Å². The van der Waals surface area contributed by atoms with E-state index in [0.717, 1.165) is 32.5 Å². The van der Waals surface area contributed by atoms with Crippen molar-refractivity contribution in [2.75, 3.05) is 0 Å². The monoisotopic (exact) mass is 366 g/mol. The summed E-state index contributed by atoms with van der Waals surface area (Å²) in [6.45, 7) is 2.05. The lowest BCUT2D eigenvalue weighted by Crippen LogP contribution is -2.14. The van der Waals surface area contributed by atoms with Crippen LogP contribution in [0.3, 0.4) is 0 Å². The second kappa shape index (κ2) is 7.28. The molecule has 0 aliphatic carbocycles. The lowest BCUT2D eigenvalue weighted by atomic mass is 10.0. The van der Waals surface area contributed by atoms with E-state index in [9.17, 15) is 4.57 Å². The van der Waals surface area contributed by atoms with Crippen molar-refractivity contribution in [3.8, 4) is 11.6 Å². The molecule has 0 N–H and O–H groups in total. The van der Waals surface area contributed by atoms with Crippen LogP contribution in [0.5, 0.6) is 0 Å². The SMILES string of the molecule is Cc1ccc2ccccc2c1C#CP(=O)(c1ccccc1)c1ccccc1. The second-order valence-corrected chi connectivity index (χ2v) is 8.97. The van der Waals surface area contributed by atoms with Crippen LogP contribution in [-0.2, 0) is 4.57 Å². The third-order valence-electron chi connectivity index (χ3n) is 4.72. The highest BCUT2D eigenvalue weighted by atomic mass is 31.2.